The first-order valence-electron chi connectivity index (χ1n) is 15.1. The fourth-order valence-corrected chi connectivity index (χ4v) is 5.51. The second kappa shape index (κ2) is 13.7. The van der Waals surface area contributed by atoms with Crippen LogP contribution in [0.15, 0.2) is 109 Å². The molecule has 0 spiro atoms. The van der Waals surface area contributed by atoms with Crippen LogP contribution < -0.4 is 9.64 Å². The molecule has 0 aliphatic heterocycles. The molecule has 0 radical (unpaired) electrons. The summed E-state index contributed by atoms with van der Waals surface area (Å²) in [6.45, 7) is 0.590. The largest absolute Gasteiger partial charge is 0.497 e. The van der Waals surface area contributed by atoms with E-state index < -0.39 is 29.3 Å². The number of rotatable bonds is 12. The van der Waals surface area contributed by atoms with Gasteiger partial charge in [-0.2, -0.15) is 0 Å². The Kier molecular flexibility index (Phi) is 9.24. The molecule has 0 saturated heterocycles. The lowest BCUT2D eigenvalue weighted by Crippen LogP contribution is -2.21. The molecule has 1 atom stereocenters. The first-order chi connectivity index (χ1) is 22.7. The number of halogens is 2. The van der Waals surface area contributed by atoms with Crippen LogP contribution in [0.2, 0.25) is 5.02 Å². The van der Waals surface area contributed by atoms with E-state index in [1.54, 1.807) is 78.9 Å². The molecule has 1 aliphatic rings. The van der Waals surface area contributed by atoms with Crippen LogP contribution in [-0.2, 0) is 0 Å². The Labute approximate surface area is 276 Å². The molecule has 1 fully saturated rings. The van der Waals surface area contributed by atoms with Gasteiger partial charge in [-0.1, -0.05) is 48.0 Å². The van der Waals surface area contributed by atoms with Crippen molar-refractivity contribution in [2.45, 2.75) is 18.9 Å². The lowest BCUT2D eigenvalue weighted by molar-refractivity contribution is 0.0744. The van der Waals surface area contributed by atoms with Crippen LogP contribution >= 0.6 is 11.6 Å². The van der Waals surface area contributed by atoms with E-state index in [0.717, 1.165) is 12.8 Å². The number of aliphatic hydroxyl groups excluding tert-OH is 1. The van der Waals surface area contributed by atoms with Crippen LogP contribution in [0.25, 0.3) is 0 Å². The summed E-state index contributed by atoms with van der Waals surface area (Å²) in [5.41, 5.74) is 1.76. The maximum atomic E-state index is 14.9. The van der Waals surface area contributed by atoms with Crippen molar-refractivity contribution < 1.29 is 28.6 Å². The van der Waals surface area contributed by atoms with E-state index in [2.05, 4.69) is 4.98 Å². The lowest BCUT2D eigenvalue weighted by atomic mass is 9.89. The summed E-state index contributed by atoms with van der Waals surface area (Å²) < 4.78 is 20.1. The monoisotopic (exact) mass is 648 g/mol. The van der Waals surface area contributed by atoms with E-state index in [4.69, 9.17) is 16.3 Å². The van der Waals surface area contributed by atoms with E-state index in [9.17, 15) is 23.9 Å². The van der Waals surface area contributed by atoms with Crippen molar-refractivity contribution in [3.05, 3.63) is 154 Å². The van der Waals surface area contributed by atoms with Gasteiger partial charge in [0.1, 0.15) is 23.4 Å². The van der Waals surface area contributed by atoms with Crippen molar-refractivity contribution in [1.29, 1.82) is 0 Å². The number of nitrogens with zero attached hydrogens (tertiary/aromatic N) is 2. The van der Waals surface area contributed by atoms with Crippen LogP contribution in [-0.4, -0.2) is 41.1 Å². The summed E-state index contributed by atoms with van der Waals surface area (Å²) in [5.74, 6) is -1.15. The van der Waals surface area contributed by atoms with Crippen LogP contribution in [0.4, 0.5) is 15.8 Å². The number of carbonyl (C=O) groups excluding carboxylic acids is 3. The topological polar surface area (TPSA) is 96.8 Å². The SMILES string of the molecule is COc1ccc(C(=O)c2ccc(C(=O)c3ccc(N(CC4CC4)c4ccc(Cl)cc4F)cn3)cc2C(=O)C(O)c2ccccc2)cc1. The Hall–Kier alpha value is -5.18. The number of aliphatic hydroxyl groups is 1. The highest BCUT2D eigenvalue weighted by molar-refractivity contribution is 6.30. The van der Waals surface area contributed by atoms with Gasteiger partial charge in [-0.3, -0.25) is 19.4 Å². The minimum atomic E-state index is -1.56. The minimum absolute atomic E-state index is 0.0377. The number of ether oxygens (including phenoxy) is 1. The number of anilines is 2. The van der Waals surface area contributed by atoms with Gasteiger partial charge in [-0.15, -0.1) is 0 Å². The maximum Gasteiger partial charge on any atom is 0.211 e. The van der Waals surface area contributed by atoms with Gasteiger partial charge in [0.15, 0.2) is 11.6 Å². The molecule has 1 unspecified atom stereocenters. The number of pyridine rings is 1. The van der Waals surface area contributed by atoms with Crippen molar-refractivity contribution in [3.8, 4) is 5.75 Å². The molecule has 47 heavy (non-hydrogen) atoms. The van der Waals surface area contributed by atoms with Gasteiger partial charge in [0.05, 0.1) is 24.7 Å². The molecule has 7 nitrogen and oxygen atoms in total. The van der Waals surface area contributed by atoms with E-state index in [-0.39, 0.29) is 22.4 Å². The first-order valence-corrected chi connectivity index (χ1v) is 15.4. The minimum Gasteiger partial charge on any atom is -0.497 e. The average molecular weight is 649 g/mol. The molecule has 6 rings (SSSR count). The molecule has 4 aromatic carbocycles. The fraction of sp³-hybridized carbons (Fsp3) is 0.158. The van der Waals surface area contributed by atoms with Gasteiger partial charge in [0.2, 0.25) is 5.78 Å². The van der Waals surface area contributed by atoms with Gasteiger partial charge in [-0.25, -0.2) is 4.39 Å². The maximum absolute atomic E-state index is 14.9. The molecule has 0 amide bonds. The highest BCUT2D eigenvalue weighted by atomic mass is 35.5. The Bertz CT molecular complexity index is 1940. The highest BCUT2D eigenvalue weighted by Crippen LogP contribution is 2.37. The van der Waals surface area contributed by atoms with Gasteiger partial charge in [0, 0.05) is 33.8 Å². The molecular formula is C38H30ClFN2O5. The first kappa shape index (κ1) is 31.8. The normalized spacial score (nSPS) is 13.1. The molecule has 5 aromatic rings. The van der Waals surface area contributed by atoms with Crippen LogP contribution in [0.5, 0.6) is 5.75 Å². The molecule has 1 heterocycles. The van der Waals surface area contributed by atoms with Crippen molar-refractivity contribution >= 4 is 40.3 Å². The third-order valence-electron chi connectivity index (χ3n) is 8.14. The van der Waals surface area contributed by atoms with E-state index in [0.29, 0.717) is 45.7 Å². The van der Waals surface area contributed by atoms with Crippen molar-refractivity contribution in [1.82, 2.24) is 4.98 Å². The zero-order valence-corrected chi connectivity index (χ0v) is 26.2. The van der Waals surface area contributed by atoms with Crippen LogP contribution in [0.3, 0.4) is 0 Å². The van der Waals surface area contributed by atoms with Crippen molar-refractivity contribution in [3.63, 3.8) is 0 Å². The number of benzene rings is 4. The standard InChI is InChI=1S/C38H30ClFN2O5/c1-47-29-14-9-25(10-15-29)35(43)30-16-11-26(19-31(30)38(46)37(45)24-5-3-2-4-6-24)36(44)33-17-13-28(21-41-33)42(22-23-7-8-23)34-18-12-27(39)20-32(34)40/h2-6,9-21,23,37,45H,7-8,22H2,1H3. The van der Waals surface area contributed by atoms with E-state index in [1.807, 2.05) is 4.90 Å². The summed E-state index contributed by atoms with van der Waals surface area (Å²) in [6.07, 6.45) is 2.04. The Morgan fingerprint density at radius 3 is 2.26 bits per heavy atom. The van der Waals surface area contributed by atoms with Gasteiger partial charge < -0.3 is 14.7 Å². The smallest absolute Gasteiger partial charge is 0.211 e. The second-order valence-electron chi connectivity index (χ2n) is 11.4. The van der Waals surface area contributed by atoms with Gasteiger partial charge >= 0.3 is 0 Å². The summed E-state index contributed by atoms with van der Waals surface area (Å²) >= 11 is 5.98. The van der Waals surface area contributed by atoms with Crippen LogP contribution in [0.1, 0.15) is 66.8 Å². The highest BCUT2D eigenvalue weighted by Gasteiger charge is 2.28. The third-order valence-corrected chi connectivity index (χ3v) is 8.37. The van der Waals surface area contributed by atoms with E-state index in [1.165, 1.54) is 37.6 Å². The summed E-state index contributed by atoms with van der Waals surface area (Å²) in [7, 11) is 1.51. The Morgan fingerprint density at radius 1 is 0.894 bits per heavy atom. The molecule has 0 bridgehead atoms. The quantitative estimate of drug-likeness (QED) is 0.138. The molecule has 1 aromatic heterocycles. The van der Waals surface area contributed by atoms with Crippen LogP contribution in [0, 0.1) is 11.7 Å². The third kappa shape index (κ3) is 6.99. The number of Topliss-reactive ketones (excluding diaryl/α,β-unsaturated/α-hetero) is 1. The number of ketones is 3. The average Bonchev–Trinajstić information content (AvgIpc) is 3.94. The zero-order valence-electron chi connectivity index (χ0n) is 25.4. The Morgan fingerprint density at radius 2 is 1.62 bits per heavy atom. The molecule has 9 heteroatoms. The zero-order chi connectivity index (χ0) is 33.1. The van der Waals surface area contributed by atoms with Gasteiger partial charge in [0.25, 0.3) is 0 Å². The molecule has 236 valence electrons. The van der Waals surface area contributed by atoms with E-state index >= 15 is 0 Å². The molecule has 1 aliphatic carbocycles. The lowest BCUT2D eigenvalue weighted by Gasteiger charge is -2.25. The summed E-state index contributed by atoms with van der Waals surface area (Å²) in [6, 6.07) is 26.7. The second-order valence-corrected chi connectivity index (χ2v) is 11.8. The molecular weight excluding hydrogens is 619 g/mol. The number of methoxy groups -OCH3 is 1. The number of carbonyl (C=O) groups is 3. The van der Waals surface area contributed by atoms with Crippen molar-refractivity contribution in [2.75, 3.05) is 18.6 Å². The summed E-state index contributed by atoms with van der Waals surface area (Å²) in [4.78, 5) is 47.2. The van der Waals surface area contributed by atoms with Gasteiger partial charge in [-0.05, 0) is 91.1 Å². The predicted molar refractivity (Wildman–Crippen MR) is 177 cm³/mol. The fourth-order valence-electron chi connectivity index (χ4n) is 5.35. The molecule has 1 saturated carbocycles. The Balaban J connectivity index is 1.33. The number of hydrogen-bond acceptors (Lipinski definition) is 7. The van der Waals surface area contributed by atoms with Crippen molar-refractivity contribution in [2.24, 2.45) is 5.92 Å². The summed E-state index contributed by atoms with van der Waals surface area (Å²) in [5, 5.41) is 11.3. The number of aromatic nitrogens is 1. The predicted octanol–water partition coefficient (Wildman–Crippen LogP) is 7.81. The molecule has 1 N–H and O–H groups in total. The number of hydrogen-bond donors (Lipinski definition) is 1.